The van der Waals surface area contributed by atoms with Crippen molar-refractivity contribution in [2.75, 3.05) is 0 Å². The van der Waals surface area contributed by atoms with Gasteiger partial charge in [0, 0.05) is 6.20 Å². The maximum atomic E-state index is 12.4. The topological polar surface area (TPSA) is 57.7 Å². The summed E-state index contributed by atoms with van der Waals surface area (Å²) in [5.41, 5.74) is 1.48. The van der Waals surface area contributed by atoms with Crippen LogP contribution in [-0.4, -0.2) is 17.6 Å². The smallest absolute Gasteiger partial charge is 0.387 e. The van der Waals surface area contributed by atoms with Crippen LogP contribution in [0.1, 0.15) is 21.6 Å². The minimum absolute atomic E-state index is 0.0115. The molecule has 5 nitrogen and oxygen atoms in total. The van der Waals surface area contributed by atoms with Crippen molar-refractivity contribution in [2.24, 2.45) is 0 Å². The molecule has 0 aliphatic heterocycles. The predicted octanol–water partition coefficient (Wildman–Crippen LogP) is 4.62. The zero-order valence-corrected chi connectivity index (χ0v) is 14.8. The van der Waals surface area contributed by atoms with Crippen molar-refractivity contribution in [3.63, 3.8) is 0 Å². The molecule has 0 N–H and O–H groups in total. The van der Waals surface area contributed by atoms with E-state index >= 15 is 0 Å². The maximum absolute atomic E-state index is 12.4. The van der Waals surface area contributed by atoms with Crippen molar-refractivity contribution in [3.8, 4) is 11.5 Å². The van der Waals surface area contributed by atoms with E-state index in [0.29, 0.717) is 12.4 Å². The van der Waals surface area contributed by atoms with Crippen LogP contribution in [0.4, 0.5) is 8.78 Å². The fourth-order valence-electron chi connectivity index (χ4n) is 2.38. The molecule has 0 fully saturated rings. The van der Waals surface area contributed by atoms with Crippen LogP contribution in [0, 0.1) is 0 Å². The van der Waals surface area contributed by atoms with E-state index < -0.39 is 12.6 Å². The molecule has 144 valence electrons. The predicted molar refractivity (Wildman–Crippen MR) is 97.2 cm³/mol. The van der Waals surface area contributed by atoms with E-state index in [1.165, 1.54) is 18.2 Å². The number of benzene rings is 2. The minimum atomic E-state index is -3.02. The fourth-order valence-corrected chi connectivity index (χ4v) is 2.38. The highest BCUT2D eigenvalue weighted by Crippen LogP contribution is 2.22. The first-order chi connectivity index (χ1) is 13.6. The summed E-state index contributed by atoms with van der Waals surface area (Å²) in [5.74, 6) is -0.316. The maximum Gasteiger partial charge on any atom is 0.387 e. The van der Waals surface area contributed by atoms with Gasteiger partial charge in [0.05, 0.1) is 5.69 Å². The monoisotopic (exact) mass is 385 g/mol. The number of ether oxygens (including phenoxy) is 3. The standard InChI is InChI=1S/C21H17F2NO4/c22-21(23)28-19-7-2-1-6-18(19)20(25)27-13-15-8-10-17(11-9-15)26-14-16-5-3-4-12-24-16/h1-12,21H,13-14H2. The summed E-state index contributed by atoms with van der Waals surface area (Å²) >= 11 is 0. The number of para-hydroxylation sites is 1. The summed E-state index contributed by atoms with van der Waals surface area (Å²) in [5, 5.41) is 0. The Morgan fingerprint density at radius 2 is 1.68 bits per heavy atom. The average molecular weight is 385 g/mol. The van der Waals surface area contributed by atoms with Crippen molar-refractivity contribution >= 4 is 5.97 Å². The highest BCUT2D eigenvalue weighted by atomic mass is 19.3. The van der Waals surface area contributed by atoms with Crippen LogP contribution in [0.25, 0.3) is 0 Å². The lowest BCUT2D eigenvalue weighted by atomic mass is 10.2. The number of halogens is 2. The fraction of sp³-hybridized carbons (Fsp3) is 0.143. The Kier molecular flexibility index (Phi) is 6.51. The molecule has 0 amide bonds. The number of rotatable bonds is 8. The number of nitrogens with zero attached hydrogens (tertiary/aromatic N) is 1. The van der Waals surface area contributed by atoms with Gasteiger partial charge in [-0.05, 0) is 42.0 Å². The van der Waals surface area contributed by atoms with Gasteiger partial charge in [-0.25, -0.2) is 4.79 Å². The molecule has 0 radical (unpaired) electrons. The van der Waals surface area contributed by atoms with Crippen LogP contribution in [0.5, 0.6) is 11.5 Å². The van der Waals surface area contributed by atoms with Crippen LogP contribution < -0.4 is 9.47 Å². The van der Waals surface area contributed by atoms with Gasteiger partial charge >= 0.3 is 12.6 Å². The summed E-state index contributed by atoms with van der Waals surface area (Å²) in [7, 11) is 0. The summed E-state index contributed by atoms with van der Waals surface area (Å²) in [6.07, 6.45) is 1.70. The van der Waals surface area contributed by atoms with Gasteiger partial charge in [-0.15, -0.1) is 0 Å². The molecule has 1 aromatic heterocycles. The second-order valence-corrected chi connectivity index (χ2v) is 5.70. The summed E-state index contributed by atoms with van der Waals surface area (Å²) in [4.78, 5) is 16.3. The molecule has 0 atom stereocenters. The third-order valence-corrected chi connectivity index (χ3v) is 3.73. The van der Waals surface area contributed by atoms with Gasteiger partial charge in [0.1, 0.15) is 30.3 Å². The quantitative estimate of drug-likeness (QED) is 0.530. The number of hydrogen-bond donors (Lipinski definition) is 0. The Labute approximate surface area is 160 Å². The van der Waals surface area contributed by atoms with Crippen LogP contribution in [-0.2, 0) is 18.0 Å². The SMILES string of the molecule is O=C(OCc1ccc(OCc2ccccn2)cc1)c1ccccc1OC(F)F. The molecule has 0 bridgehead atoms. The van der Waals surface area contributed by atoms with Crippen molar-refractivity contribution in [3.05, 3.63) is 89.7 Å². The molecule has 0 saturated carbocycles. The zero-order valence-electron chi connectivity index (χ0n) is 14.8. The molecular formula is C21H17F2NO4. The first kappa shape index (κ1) is 19.3. The molecule has 28 heavy (non-hydrogen) atoms. The lowest BCUT2D eigenvalue weighted by Gasteiger charge is -2.11. The molecule has 0 spiro atoms. The van der Waals surface area contributed by atoms with Crippen LogP contribution in [0.15, 0.2) is 72.9 Å². The van der Waals surface area contributed by atoms with E-state index in [0.717, 1.165) is 11.3 Å². The second-order valence-electron chi connectivity index (χ2n) is 5.70. The first-order valence-corrected chi connectivity index (χ1v) is 8.44. The van der Waals surface area contributed by atoms with Gasteiger partial charge in [0.2, 0.25) is 0 Å². The molecule has 0 aliphatic carbocycles. The van der Waals surface area contributed by atoms with Gasteiger partial charge < -0.3 is 14.2 Å². The third-order valence-electron chi connectivity index (χ3n) is 3.73. The molecule has 0 saturated heterocycles. The Hall–Kier alpha value is -3.48. The van der Waals surface area contributed by atoms with Gasteiger partial charge in [0.15, 0.2) is 0 Å². The molecule has 0 aliphatic rings. The van der Waals surface area contributed by atoms with E-state index in [2.05, 4.69) is 9.72 Å². The van der Waals surface area contributed by atoms with Gasteiger partial charge in [0.25, 0.3) is 0 Å². The van der Waals surface area contributed by atoms with Crippen LogP contribution >= 0.6 is 0 Å². The Morgan fingerprint density at radius 1 is 0.929 bits per heavy atom. The highest BCUT2D eigenvalue weighted by Gasteiger charge is 2.16. The minimum Gasteiger partial charge on any atom is -0.487 e. The number of pyridine rings is 1. The number of alkyl halides is 2. The molecule has 7 heteroatoms. The zero-order chi connectivity index (χ0) is 19.8. The number of esters is 1. The Balaban J connectivity index is 1.54. The summed E-state index contributed by atoms with van der Waals surface area (Å²) < 4.78 is 40.0. The largest absolute Gasteiger partial charge is 0.487 e. The number of hydrogen-bond acceptors (Lipinski definition) is 5. The molecule has 2 aromatic carbocycles. The van der Waals surface area contributed by atoms with Crippen molar-refractivity contribution < 1.29 is 27.8 Å². The molecular weight excluding hydrogens is 368 g/mol. The van der Waals surface area contributed by atoms with Crippen LogP contribution in [0.3, 0.4) is 0 Å². The van der Waals surface area contributed by atoms with Gasteiger partial charge in [-0.1, -0.05) is 30.3 Å². The summed E-state index contributed by atoms with van der Waals surface area (Å²) in [6, 6.07) is 18.3. The van der Waals surface area contributed by atoms with Gasteiger partial charge in [-0.2, -0.15) is 8.78 Å². The summed E-state index contributed by atoms with van der Waals surface area (Å²) in [6.45, 7) is -2.69. The van der Waals surface area contributed by atoms with E-state index in [4.69, 9.17) is 9.47 Å². The Bertz CT molecular complexity index is 902. The van der Waals surface area contributed by atoms with Crippen molar-refractivity contribution in [1.82, 2.24) is 4.98 Å². The number of carbonyl (C=O) groups is 1. The Morgan fingerprint density at radius 3 is 2.39 bits per heavy atom. The molecule has 3 aromatic rings. The lowest BCUT2D eigenvalue weighted by Crippen LogP contribution is -2.10. The second kappa shape index (κ2) is 9.45. The van der Waals surface area contributed by atoms with E-state index in [1.54, 1.807) is 36.5 Å². The average Bonchev–Trinajstić information content (AvgIpc) is 2.72. The first-order valence-electron chi connectivity index (χ1n) is 8.44. The van der Waals surface area contributed by atoms with Gasteiger partial charge in [-0.3, -0.25) is 4.98 Å². The number of carbonyl (C=O) groups excluding carboxylic acids is 1. The molecule has 0 unspecified atom stereocenters. The lowest BCUT2D eigenvalue weighted by molar-refractivity contribution is -0.0504. The third kappa shape index (κ3) is 5.51. The number of aromatic nitrogens is 1. The van der Waals surface area contributed by atoms with Crippen molar-refractivity contribution in [1.29, 1.82) is 0 Å². The normalized spacial score (nSPS) is 10.5. The van der Waals surface area contributed by atoms with E-state index in [-0.39, 0.29) is 17.9 Å². The van der Waals surface area contributed by atoms with E-state index in [1.807, 2.05) is 18.2 Å². The van der Waals surface area contributed by atoms with Crippen molar-refractivity contribution in [2.45, 2.75) is 19.8 Å². The molecule has 1 heterocycles. The van der Waals surface area contributed by atoms with Crippen LogP contribution in [0.2, 0.25) is 0 Å². The molecule has 3 rings (SSSR count). The highest BCUT2D eigenvalue weighted by molar-refractivity contribution is 5.92. The van der Waals surface area contributed by atoms with E-state index in [9.17, 15) is 13.6 Å².